The Kier molecular flexibility index (Phi) is 5.30. The molecule has 208 valence electrons. The third-order valence-corrected chi connectivity index (χ3v) is 9.86. The standard InChI is InChI=1S/C34H36N6O/c1-19-9-26(10-20(2)36-19)32-21(3)27-7-5-24(12-28(27)38-32)25-6-8-30-29(13-25)37-31(39(30)4)11-22-17-40(18-22)33(41)34-14-23(15-34)16-35-34/h5-10,12-13,22-23,35,38H,11,14-18H2,1-4H3. The van der Waals surface area contributed by atoms with Gasteiger partial charge in [-0.2, -0.15) is 0 Å². The zero-order valence-electron chi connectivity index (χ0n) is 24.2. The summed E-state index contributed by atoms with van der Waals surface area (Å²) in [5, 5.41) is 4.72. The highest BCUT2D eigenvalue weighted by molar-refractivity contribution is 5.94. The van der Waals surface area contributed by atoms with E-state index in [-0.39, 0.29) is 5.54 Å². The van der Waals surface area contributed by atoms with Crippen LogP contribution in [-0.2, 0) is 18.3 Å². The molecule has 7 nitrogen and oxygen atoms in total. The molecule has 3 saturated heterocycles. The Morgan fingerprint density at radius 3 is 2.41 bits per heavy atom. The molecule has 4 aliphatic rings. The number of pyridine rings is 1. The van der Waals surface area contributed by atoms with Gasteiger partial charge in [-0.3, -0.25) is 9.78 Å². The van der Waals surface area contributed by atoms with Gasteiger partial charge in [-0.1, -0.05) is 18.2 Å². The van der Waals surface area contributed by atoms with Gasteiger partial charge in [0, 0.05) is 66.0 Å². The third kappa shape index (κ3) is 3.86. The summed E-state index contributed by atoms with van der Waals surface area (Å²) < 4.78 is 2.22. The minimum Gasteiger partial charge on any atom is -0.354 e. The van der Waals surface area contributed by atoms with E-state index in [1.165, 1.54) is 22.1 Å². The minimum absolute atomic E-state index is 0.232. The smallest absolute Gasteiger partial charge is 0.242 e. The van der Waals surface area contributed by atoms with Crippen molar-refractivity contribution >= 4 is 27.8 Å². The van der Waals surface area contributed by atoms with Crippen LogP contribution in [0.25, 0.3) is 44.3 Å². The van der Waals surface area contributed by atoms with Gasteiger partial charge in [0.2, 0.25) is 5.91 Å². The fourth-order valence-corrected chi connectivity index (χ4v) is 7.63. The first-order valence-electron chi connectivity index (χ1n) is 14.8. The summed E-state index contributed by atoms with van der Waals surface area (Å²) in [6.07, 6.45) is 2.96. The summed E-state index contributed by atoms with van der Waals surface area (Å²) in [6, 6.07) is 17.6. The lowest BCUT2D eigenvalue weighted by molar-refractivity contribution is -0.147. The van der Waals surface area contributed by atoms with E-state index in [9.17, 15) is 4.79 Å². The summed E-state index contributed by atoms with van der Waals surface area (Å²) in [6.45, 7) is 8.98. The molecule has 3 aromatic heterocycles. The van der Waals surface area contributed by atoms with Gasteiger partial charge in [0.25, 0.3) is 0 Å². The molecule has 2 bridgehead atoms. The van der Waals surface area contributed by atoms with E-state index >= 15 is 0 Å². The highest BCUT2D eigenvalue weighted by atomic mass is 16.2. The number of aryl methyl sites for hydroxylation is 4. The fourth-order valence-electron chi connectivity index (χ4n) is 7.63. The van der Waals surface area contributed by atoms with Crippen LogP contribution in [-0.4, -0.2) is 55.5 Å². The van der Waals surface area contributed by atoms with Crippen molar-refractivity contribution in [1.29, 1.82) is 0 Å². The van der Waals surface area contributed by atoms with E-state index in [0.717, 1.165) is 83.9 Å². The van der Waals surface area contributed by atoms with Crippen molar-refractivity contribution in [2.75, 3.05) is 19.6 Å². The number of benzene rings is 2. The van der Waals surface area contributed by atoms with Crippen molar-refractivity contribution in [3.05, 3.63) is 71.3 Å². The van der Waals surface area contributed by atoms with Gasteiger partial charge in [-0.15, -0.1) is 0 Å². The number of carbonyl (C=O) groups is 1. The summed E-state index contributed by atoms with van der Waals surface area (Å²) in [5.74, 6) is 2.61. The number of imidazole rings is 1. The number of amides is 1. The first-order chi connectivity index (χ1) is 19.8. The molecule has 3 aliphatic heterocycles. The number of hydrogen-bond donors (Lipinski definition) is 2. The number of nitrogens with zero attached hydrogens (tertiary/aromatic N) is 4. The van der Waals surface area contributed by atoms with Gasteiger partial charge >= 0.3 is 0 Å². The SMILES string of the molecule is Cc1cc(-c2[nH]c3cc(-c4ccc5c(c4)nc(CC4CN(C(=O)C67CC(CN6)C7)C4)n5C)ccc3c2C)cc(C)n1. The number of aromatic amines is 1. The summed E-state index contributed by atoms with van der Waals surface area (Å²) >= 11 is 0. The molecule has 41 heavy (non-hydrogen) atoms. The molecule has 1 amide bonds. The monoisotopic (exact) mass is 544 g/mol. The van der Waals surface area contributed by atoms with Crippen molar-refractivity contribution in [3.63, 3.8) is 0 Å². The highest BCUT2D eigenvalue weighted by Gasteiger charge is 2.57. The van der Waals surface area contributed by atoms with E-state index in [2.05, 4.69) is 87.3 Å². The highest BCUT2D eigenvalue weighted by Crippen LogP contribution is 2.45. The molecule has 4 fully saturated rings. The first-order valence-corrected chi connectivity index (χ1v) is 14.8. The lowest BCUT2D eigenvalue weighted by Gasteiger charge is -2.46. The topological polar surface area (TPSA) is 78.8 Å². The number of likely N-dealkylation sites (tertiary alicyclic amines) is 1. The second kappa shape index (κ2) is 8.76. The summed E-state index contributed by atoms with van der Waals surface area (Å²) in [4.78, 5) is 28.3. The number of hydrogen-bond acceptors (Lipinski definition) is 4. The van der Waals surface area contributed by atoms with Gasteiger partial charge < -0.3 is 19.8 Å². The Balaban J connectivity index is 1.03. The maximum absolute atomic E-state index is 13.0. The van der Waals surface area contributed by atoms with Crippen LogP contribution in [0.15, 0.2) is 48.5 Å². The molecule has 7 heteroatoms. The van der Waals surface area contributed by atoms with Crippen LogP contribution in [0, 0.1) is 32.6 Å². The van der Waals surface area contributed by atoms with E-state index < -0.39 is 0 Å². The van der Waals surface area contributed by atoms with Crippen molar-refractivity contribution in [1.82, 2.24) is 29.7 Å². The first kappa shape index (κ1) is 24.8. The molecule has 0 spiro atoms. The molecule has 2 N–H and O–H groups in total. The third-order valence-electron chi connectivity index (χ3n) is 9.86. The summed E-state index contributed by atoms with van der Waals surface area (Å²) in [7, 11) is 2.11. The average Bonchev–Trinajstić information content (AvgIpc) is 3.67. The lowest BCUT2D eigenvalue weighted by atomic mass is 9.72. The molecule has 0 atom stereocenters. The molecular formula is C34H36N6O. The predicted molar refractivity (Wildman–Crippen MR) is 163 cm³/mol. The van der Waals surface area contributed by atoms with Crippen molar-refractivity contribution in [3.8, 4) is 22.4 Å². The molecule has 5 aromatic rings. The van der Waals surface area contributed by atoms with Crippen LogP contribution in [0.5, 0.6) is 0 Å². The Morgan fingerprint density at radius 2 is 1.68 bits per heavy atom. The Hall–Kier alpha value is -3.97. The van der Waals surface area contributed by atoms with Crippen LogP contribution >= 0.6 is 0 Å². The second-order valence-electron chi connectivity index (χ2n) is 12.8. The number of H-pyrrole nitrogens is 1. The molecule has 0 unspecified atom stereocenters. The van der Waals surface area contributed by atoms with E-state index in [1.807, 2.05) is 13.8 Å². The summed E-state index contributed by atoms with van der Waals surface area (Å²) in [5.41, 5.74) is 11.1. The molecule has 1 saturated carbocycles. The maximum Gasteiger partial charge on any atom is 0.242 e. The van der Waals surface area contributed by atoms with Crippen LogP contribution < -0.4 is 5.32 Å². The number of rotatable bonds is 5. The number of nitrogens with one attached hydrogen (secondary N) is 2. The fraction of sp³-hybridized carbons (Fsp3) is 0.382. The van der Waals surface area contributed by atoms with Gasteiger partial charge in [-0.25, -0.2) is 4.98 Å². The van der Waals surface area contributed by atoms with E-state index in [1.54, 1.807) is 0 Å². The van der Waals surface area contributed by atoms with Crippen LogP contribution in [0.3, 0.4) is 0 Å². The van der Waals surface area contributed by atoms with Gasteiger partial charge in [0.15, 0.2) is 0 Å². The average molecular weight is 545 g/mol. The van der Waals surface area contributed by atoms with Gasteiger partial charge in [-0.05, 0) is 93.1 Å². The van der Waals surface area contributed by atoms with Crippen LogP contribution in [0.2, 0.25) is 0 Å². The second-order valence-corrected chi connectivity index (χ2v) is 12.8. The quantitative estimate of drug-likeness (QED) is 0.308. The largest absolute Gasteiger partial charge is 0.354 e. The van der Waals surface area contributed by atoms with E-state index in [0.29, 0.717) is 17.7 Å². The molecule has 9 rings (SSSR count). The normalized spacial score (nSPS) is 22.0. The molecule has 2 aromatic carbocycles. The van der Waals surface area contributed by atoms with Gasteiger partial charge in [0.05, 0.1) is 16.6 Å². The van der Waals surface area contributed by atoms with Crippen LogP contribution in [0.1, 0.15) is 35.6 Å². The lowest BCUT2D eigenvalue weighted by Crippen LogP contribution is -2.63. The Labute approximate surface area is 240 Å². The number of carbonyl (C=O) groups excluding carboxylic acids is 1. The Morgan fingerprint density at radius 1 is 0.951 bits per heavy atom. The Bertz CT molecular complexity index is 1840. The molecule has 1 aliphatic carbocycles. The maximum atomic E-state index is 13.0. The van der Waals surface area contributed by atoms with Gasteiger partial charge in [0.1, 0.15) is 5.82 Å². The molecule has 0 radical (unpaired) electrons. The molecule has 6 heterocycles. The van der Waals surface area contributed by atoms with Crippen molar-refractivity contribution in [2.24, 2.45) is 18.9 Å². The van der Waals surface area contributed by atoms with Crippen molar-refractivity contribution < 1.29 is 4.79 Å². The zero-order chi connectivity index (χ0) is 28.0. The predicted octanol–water partition coefficient (Wildman–Crippen LogP) is 5.46. The van der Waals surface area contributed by atoms with Crippen molar-refractivity contribution in [2.45, 2.75) is 45.6 Å². The zero-order valence-corrected chi connectivity index (χ0v) is 24.2. The van der Waals surface area contributed by atoms with E-state index in [4.69, 9.17) is 4.98 Å². The molecular weight excluding hydrogens is 508 g/mol. The van der Waals surface area contributed by atoms with Crippen LogP contribution in [0.4, 0.5) is 0 Å². The minimum atomic E-state index is -0.232. The number of fused-ring (bicyclic) bond motifs is 3. The number of aromatic nitrogens is 4.